The summed E-state index contributed by atoms with van der Waals surface area (Å²) in [6, 6.07) is 8.67. The van der Waals surface area contributed by atoms with Crippen molar-refractivity contribution >= 4 is 11.6 Å². The second kappa shape index (κ2) is 6.48. The summed E-state index contributed by atoms with van der Waals surface area (Å²) < 4.78 is 0. The Morgan fingerprint density at radius 3 is 3.00 bits per heavy atom. The fourth-order valence-corrected chi connectivity index (χ4v) is 3.57. The summed E-state index contributed by atoms with van der Waals surface area (Å²) >= 11 is 0. The largest absolute Gasteiger partial charge is 0.371 e. The first kappa shape index (κ1) is 14.4. The fourth-order valence-electron chi connectivity index (χ4n) is 3.57. The molecule has 0 saturated heterocycles. The average molecular weight is 287 g/mol. The van der Waals surface area contributed by atoms with Gasteiger partial charge in [0, 0.05) is 31.4 Å². The van der Waals surface area contributed by atoms with Gasteiger partial charge in [-0.25, -0.2) is 0 Å². The summed E-state index contributed by atoms with van der Waals surface area (Å²) in [5, 5.41) is 3.06. The van der Waals surface area contributed by atoms with Crippen LogP contribution in [0.4, 0.5) is 5.69 Å². The minimum atomic E-state index is 0.0394. The fraction of sp³-hybridized carbons (Fsp3) is 0.588. The summed E-state index contributed by atoms with van der Waals surface area (Å²) in [5.41, 5.74) is 8.77. The third kappa shape index (κ3) is 3.21. The molecule has 2 aliphatic rings. The predicted molar refractivity (Wildman–Crippen MR) is 85.3 cm³/mol. The van der Waals surface area contributed by atoms with Gasteiger partial charge in [-0.1, -0.05) is 24.6 Å². The number of anilines is 1. The Balaban J connectivity index is 1.40. The number of benzene rings is 1. The number of nitrogens with two attached hydrogens (primary N) is 1. The monoisotopic (exact) mass is 287 g/mol. The standard InChI is InChI=1S/C17H25N3O/c18-15-7-3-6-14(15)17(21)19-10-4-11-20-12-9-13-5-1-2-8-16(13)20/h1-2,5,8,14-15H,3-4,6-7,9-12,18H2,(H,19,21). The van der Waals surface area contributed by atoms with Crippen LogP contribution in [0.15, 0.2) is 24.3 Å². The summed E-state index contributed by atoms with van der Waals surface area (Å²) in [4.78, 5) is 14.5. The van der Waals surface area contributed by atoms with E-state index < -0.39 is 0 Å². The molecular formula is C17H25N3O. The molecule has 4 heteroatoms. The van der Waals surface area contributed by atoms with E-state index in [1.54, 1.807) is 0 Å². The maximum atomic E-state index is 12.0. The number of nitrogens with zero attached hydrogens (tertiary/aromatic N) is 1. The van der Waals surface area contributed by atoms with E-state index in [-0.39, 0.29) is 17.9 Å². The zero-order chi connectivity index (χ0) is 14.7. The Labute approximate surface area is 126 Å². The summed E-state index contributed by atoms with van der Waals surface area (Å²) in [7, 11) is 0. The van der Waals surface area contributed by atoms with E-state index in [0.29, 0.717) is 0 Å². The van der Waals surface area contributed by atoms with Gasteiger partial charge in [-0.3, -0.25) is 4.79 Å². The van der Waals surface area contributed by atoms with Gasteiger partial charge in [-0.15, -0.1) is 0 Å². The molecule has 4 nitrogen and oxygen atoms in total. The van der Waals surface area contributed by atoms with Gasteiger partial charge in [-0.05, 0) is 37.3 Å². The molecule has 0 spiro atoms. The topological polar surface area (TPSA) is 58.4 Å². The van der Waals surface area contributed by atoms with E-state index in [2.05, 4.69) is 34.5 Å². The van der Waals surface area contributed by atoms with E-state index in [1.165, 1.54) is 11.3 Å². The van der Waals surface area contributed by atoms with Crippen LogP contribution in [-0.4, -0.2) is 31.6 Å². The van der Waals surface area contributed by atoms with Crippen molar-refractivity contribution in [3.8, 4) is 0 Å². The molecule has 1 fully saturated rings. The Kier molecular flexibility index (Phi) is 4.44. The zero-order valence-corrected chi connectivity index (χ0v) is 12.6. The van der Waals surface area contributed by atoms with Crippen LogP contribution in [-0.2, 0) is 11.2 Å². The van der Waals surface area contributed by atoms with Crippen LogP contribution in [0.2, 0.25) is 0 Å². The third-order valence-electron chi connectivity index (χ3n) is 4.79. The highest BCUT2D eigenvalue weighted by Gasteiger charge is 2.29. The molecule has 1 aromatic rings. The second-order valence-electron chi connectivity index (χ2n) is 6.21. The molecule has 3 rings (SSSR count). The van der Waals surface area contributed by atoms with Crippen molar-refractivity contribution in [3.05, 3.63) is 29.8 Å². The van der Waals surface area contributed by atoms with Gasteiger partial charge < -0.3 is 16.0 Å². The maximum Gasteiger partial charge on any atom is 0.224 e. The van der Waals surface area contributed by atoms with Crippen molar-refractivity contribution in [3.63, 3.8) is 0 Å². The predicted octanol–water partition coefficient (Wildman–Crippen LogP) is 1.68. The molecular weight excluding hydrogens is 262 g/mol. The maximum absolute atomic E-state index is 12.0. The molecule has 0 aromatic heterocycles. The lowest BCUT2D eigenvalue weighted by molar-refractivity contribution is -0.125. The van der Waals surface area contributed by atoms with Crippen LogP contribution in [0.25, 0.3) is 0 Å². The highest BCUT2D eigenvalue weighted by Crippen LogP contribution is 2.27. The lowest BCUT2D eigenvalue weighted by Crippen LogP contribution is -2.39. The summed E-state index contributed by atoms with van der Waals surface area (Å²) in [6.07, 6.45) is 5.15. The number of fused-ring (bicyclic) bond motifs is 1. The van der Waals surface area contributed by atoms with E-state index in [4.69, 9.17) is 5.73 Å². The van der Waals surface area contributed by atoms with E-state index >= 15 is 0 Å². The summed E-state index contributed by atoms with van der Waals surface area (Å²) in [6.45, 7) is 2.86. The van der Waals surface area contributed by atoms with Crippen molar-refractivity contribution in [1.29, 1.82) is 0 Å². The van der Waals surface area contributed by atoms with Crippen molar-refractivity contribution in [2.24, 2.45) is 11.7 Å². The van der Waals surface area contributed by atoms with Crippen LogP contribution in [0.5, 0.6) is 0 Å². The van der Waals surface area contributed by atoms with Gasteiger partial charge in [0.05, 0.1) is 5.92 Å². The molecule has 2 atom stereocenters. The van der Waals surface area contributed by atoms with Crippen LogP contribution in [0.3, 0.4) is 0 Å². The van der Waals surface area contributed by atoms with Crippen molar-refractivity contribution in [2.75, 3.05) is 24.5 Å². The van der Waals surface area contributed by atoms with E-state index in [9.17, 15) is 4.79 Å². The Hall–Kier alpha value is -1.55. The second-order valence-corrected chi connectivity index (χ2v) is 6.21. The van der Waals surface area contributed by atoms with E-state index in [0.717, 1.165) is 51.7 Å². The van der Waals surface area contributed by atoms with Gasteiger partial charge >= 0.3 is 0 Å². The van der Waals surface area contributed by atoms with Gasteiger partial charge in [0.15, 0.2) is 0 Å². The SMILES string of the molecule is NC1CCCC1C(=O)NCCCN1CCc2ccccc21. The summed E-state index contributed by atoms with van der Waals surface area (Å²) in [5.74, 6) is 0.194. The number of rotatable bonds is 5. The lowest BCUT2D eigenvalue weighted by Gasteiger charge is -2.20. The third-order valence-corrected chi connectivity index (χ3v) is 4.79. The number of nitrogens with one attached hydrogen (secondary N) is 1. The Bertz CT molecular complexity index is 503. The van der Waals surface area contributed by atoms with Gasteiger partial charge in [0.25, 0.3) is 0 Å². The van der Waals surface area contributed by atoms with Crippen molar-refractivity contribution < 1.29 is 4.79 Å². The Morgan fingerprint density at radius 2 is 2.19 bits per heavy atom. The molecule has 0 bridgehead atoms. The molecule has 3 N–H and O–H groups in total. The van der Waals surface area contributed by atoms with Crippen LogP contribution in [0, 0.1) is 5.92 Å². The zero-order valence-electron chi connectivity index (χ0n) is 12.6. The molecule has 1 aliphatic carbocycles. The molecule has 2 unspecified atom stereocenters. The minimum absolute atomic E-state index is 0.0394. The number of hydrogen-bond donors (Lipinski definition) is 2. The van der Waals surface area contributed by atoms with E-state index in [1.807, 2.05) is 0 Å². The van der Waals surface area contributed by atoms with Crippen LogP contribution in [0.1, 0.15) is 31.2 Å². The Morgan fingerprint density at radius 1 is 1.33 bits per heavy atom. The highest BCUT2D eigenvalue weighted by molar-refractivity contribution is 5.79. The first-order chi connectivity index (χ1) is 10.3. The molecule has 21 heavy (non-hydrogen) atoms. The number of amides is 1. The molecule has 114 valence electrons. The number of hydrogen-bond acceptors (Lipinski definition) is 3. The van der Waals surface area contributed by atoms with Gasteiger partial charge in [0.2, 0.25) is 5.91 Å². The first-order valence-corrected chi connectivity index (χ1v) is 8.12. The molecule has 0 radical (unpaired) electrons. The van der Waals surface area contributed by atoms with Gasteiger partial charge in [-0.2, -0.15) is 0 Å². The molecule has 1 aliphatic heterocycles. The van der Waals surface area contributed by atoms with Gasteiger partial charge in [0.1, 0.15) is 0 Å². The van der Waals surface area contributed by atoms with Crippen molar-refractivity contribution in [1.82, 2.24) is 5.32 Å². The smallest absolute Gasteiger partial charge is 0.224 e. The molecule has 1 saturated carbocycles. The number of para-hydroxylation sites is 1. The molecule has 1 aromatic carbocycles. The van der Waals surface area contributed by atoms with Crippen molar-refractivity contribution in [2.45, 2.75) is 38.1 Å². The minimum Gasteiger partial charge on any atom is -0.371 e. The normalized spacial score (nSPS) is 24.1. The quantitative estimate of drug-likeness (QED) is 0.810. The average Bonchev–Trinajstić information content (AvgIpc) is 3.10. The van der Waals surface area contributed by atoms with Crippen LogP contribution >= 0.6 is 0 Å². The first-order valence-electron chi connectivity index (χ1n) is 8.12. The molecule has 1 heterocycles. The highest BCUT2D eigenvalue weighted by atomic mass is 16.1. The number of carbonyl (C=O) groups is 1. The number of carbonyl (C=O) groups excluding carboxylic acids is 1. The lowest BCUT2D eigenvalue weighted by atomic mass is 10.0. The molecule has 1 amide bonds. The van der Waals surface area contributed by atoms with Crippen LogP contribution < -0.4 is 16.0 Å².